The van der Waals surface area contributed by atoms with Gasteiger partial charge < -0.3 is 9.47 Å². The van der Waals surface area contributed by atoms with Gasteiger partial charge in [-0.05, 0) is 31.2 Å². The van der Waals surface area contributed by atoms with Crippen molar-refractivity contribution in [1.82, 2.24) is 0 Å². The van der Waals surface area contributed by atoms with E-state index in [4.69, 9.17) is 9.47 Å². The van der Waals surface area contributed by atoms with Gasteiger partial charge in [0.2, 0.25) is 11.4 Å². The molecule has 0 saturated heterocycles. The predicted molar refractivity (Wildman–Crippen MR) is 102 cm³/mol. The highest BCUT2D eigenvalue weighted by Crippen LogP contribution is 2.44. The molecular formula is C20H16F6O5P+. The summed E-state index contributed by atoms with van der Waals surface area (Å²) < 4.78 is 103. The van der Waals surface area contributed by atoms with Crippen LogP contribution in [0.25, 0.3) is 0 Å². The maximum Gasteiger partial charge on any atom is 0.431 e. The second kappa shape index (κ2) is 9.28. The topological polar surface area (TPSA) is 69.7 Å². The molecule has 2 aromatic rings. The zero-order chi connectivity index (χ0) is 24.4. The molecule has 172 valence electrons. The van der Waals surface area contributed by atoms with Crippen LogP contribution in [0.15, 0.2) is 36.4 Å². The lowest BCUT2D eigenvalue weighted by Crippen LogP contribution is -2.25. The molecule has 0 aliphatic carbocycles. The van der Waals surface area contributed by atoms with E-state index in [1.54, 1.807) is 0 Å². The van der Waals surface area contributed by atoms with Crippen LogP contribution in [0.2, 0.25) is 0 Å². The first-order chi connectivity index (χ1) is 14.8. The fourth-order valence-corrected chi connectivity index (χ4v) is 4.09. The van der Waals surface area contributed by atoms with Crippen molar-refractivity contribution in [3.63, 3.8) is 0 Å². The van der Waals surface area contributed by atoms with Crippen molar-refractivity contribution < 1.29 is 50.0 Å². The van der Waals surface area contributed by atoms with E-state index in [-0.39, 0.29) is 17.1 Å². The first-order valence-corrected chi connectivity index (χ1v) is 10.1. The Kier molecular flexibility index (Phi) is 7.34. The molecular weight excluding hydrogens is 465 g/mol. The van der Waals surface area contributed by atoms with E-state index in [0.29, 0.717) is 18.2 Å². The first-order valence-electron chi connectivity index (χ1n) is 8.79. The Balaban J connectivity index is 2.59. The van der Waals surface area contributed by atoms with E-state index in [0.717, 1.165) is 6.92 Å². The van der Waals surface area contributed by atoms with Crippen LogP contribution in [0.4, 0.5) is 26.3 Å². The number of rotatable bonds is 7. The second-order valence-electron chi connectivity index (χ2n) is 6.43. The summed E-state index contributed by atoms with van der Waals surface area (Å²) in [6.07, 6.45) is -10.6. The number of ether oxygens (including phenoxy) is 2. The van der Waals surface area contributed by atoms with Crippen LogP contribution in [0.5, 0.6) is 11.5 Å². The Bertz CT molecular complexity index is 1010. The summed E-state index contributed by atoms with van der Waals surface area (Å²) >= 11 is 0. The number of alkyl halides is 6. The maximum atomic E-state index is 13.4. The summed E-state index contributed by atoms with van der Waals surface area (Å²) in [5.41, 5.74) is -8.93. The van der Waals surface area contributed by atoms with Crippen LogP contribution in [0.1, 0.15) is 38.8 Å². The molecule has 0 aliphatic rings. The van der Waals surface area contributed by atoms with Gasteiger partial charge in [-0.1, -0.05) is 16.7 Å². The molecule has 0 radical (unpaired) electrons. The van der Waals surface area contributed by atoms with Gasteiger partial charge in [0.05, 0.1) is 25.3 Å². The van der Waals surface area contributed by atoms with Gasteiger partial charge in [-0.25, -0.2) is 4.79 Å². The number of ketones is 1. The van der Waals surface area contributed by atoms with Crippen molar-refractivity contribution in [2.45, 2.75) is 24.9 Å². The number of benzene rings is 2. The van der Waals surface area contributed by atoms with E-state index in [1.165, 1.54) is 32.4 Å². The lowest BCUT2D eigenvalue weighted by Gasteiger charge is -2.17. The largest absolute Gasteiger partial charge is 0.496 e. The maximum absolute atomic E-state index is 13.4. The minimum Gasteiger partial charge on any atom is -0.496 e. The van der Waals surface area contributed by atoms with E-state index in [1.807, 2.05) is 0 Å². The molecule has 0 spiro atoms. The van der Waals surface area contributed by atoms with Gasteiger partial charge in [-0.3, -0.25) is 4.79 Å². The molecule has 2 aromatic carbocycles. The number of carbonyl (C=O) groups is 2. The lowest BCUT2D eigenvalue weighted by molar-refractivity contribution is -0.143. The number of hydrogen-bond acceptors (Lipinski definition) is 5. The number of Topliss-reactive ketones (excluding diaryl/α,β-unsaturated/α-hetero) is 1. The molecule has 5 nitrogen and oxygen atoms in total. The fourth-order valence-electron chi connectivity index (χ4n) is 2.95. The minimum atomic E-state index is -5.30. The van der Waals surface area contributed by atoms with Crippen molar-refractivity contribution >= 4 is 19.1 Å². The van der Waals surface area contributed by atoms with Crippen molar-refractivity contribution in [2.24, 2.45) is 0 Å². The first kappa shape index (κ1) is 25.3. The smallest absolute Gasteiger partial charge is 0.431 e. The molecule has 0 aliphatic heterocycles. The molecule has 0 N–H and O–H groups in total. The highest BCUT2D eigenvalue weighted by atomic mass is 31.1. The van der Waals surface area contributed by atoms with Gasteiger partial charge in [0.25, 0.3) is 0 Å². The SMILES string of the molecule is COc1cccc(OC)c1C(=O)[P+](=O)C(C)C(=O)c1c(C(F)(F)F)cccc1C(F)(F)F. The quantitative estimate of drug-likeness (QED) is 0.277. The summed E-state index contributed by atoms with van der Waals surface area (Å²) in [4.78, 5) is 25.6. The third-order valence-electron chi connectivity index (χ3n) is 4.49. The van der Waals surface area contributed by atoms with Crippen LogP contribution in [0, 0.1) is 0 Å². The van der Waals surface area contributed by atoms with Crippen molar-refractivity contribution in [3.05, 3.63) is 58.7 Å². The highest BCUT2D eigenvalue weighted by molar-refractivity contribution is 7.66. The summed E-state index contributed by atoms with van der Waals surface area (Å²) in [5, 5.41) is 0. The Labute approximate surface area is 179 Å². The molecule has 0 amide bonds. The number of hydrogen-bond donors (Lipinski definition) is 0. The summed E-state index contributed by atoms with van der Waals surface area (Å²) in [7, 11) is -0.950. The predicted octanol–water partition coefficient (Wildman–Crippen LogP) is 5.98. The van der Waals surface area contributed by atoms with Crippen molar-refractivity contribution in [1.29, 1.82) is 0 Å². The third kappa shape index (κ3) is 4.93. The average molecular weight is 481 g/mol. The van der Waals surface area contributed by atoms with Gasteiger partial charge in [-0.2, -0.15) is 26.3 Å². The standard InChI is InChI=1S/C20H16F6O5P/c1-10(32(29)18(28)16-13(30-2)8-5-9-14(16)31-3)17(27)15-11(19(21,22)23)6-4-7-12(15)20(24,25)26/h4-10H,1-3H3/q+1. The molecule has 0 saturated carbocycles. The third-order valence-corrected chi connectivity index (χ3v) is 6.06. The lowest BCUT2D eigenvalue weighted by atomic mass is 9.95. The van der Waals surface area contributed by atoms with Crippen LogP contribution < -0.4 is 9.47 Å². The highest BCUT2D eigenvalue weighted by Gasteiger charge is 2.49. The average Bonchev–Trinajstić information content (AvgIpc) is 2.74. The Morgan fingerprint density at radius 3 is 1.59 bits per heavy atom. The van der Waals surface area contributed by atoms with Gasteiger partial charge >= 0.3 is 25.7 Å². The number of methoxy groups -OCH3 is 2. The molecule has 32 heavy (non-hydrogen) atoms. The molecule has 2 unspecified atom stereocenters. The zero-order valence-corrected chi connectivity index (χ0v) is 17.7. The summed E-state index contributed by atoms with van der Waals surface area (Å²) in [6, 6.07) is 5.20. The molecule has 2 rings (SSSR count). The van der Waals surface area contributed by atoms with Gasteiger partial charge in [0, 0.05) is 5.56 Å². The van der Waals surface area contributed by atoms with E-state index >= 15 is 0 Å². The van der Waals surface area contributed by atoms with E-state index in [2.05, 4.69) is 0 Å². The Morgan fingerprint density at radius 2 is 1.22 bits per heavy atom. The van der Waals surface area contributed by atoms with E-state index < -0.39 is 53.8 Å². The molecule has 0 heterocycles. The summed E-state index contributed by atoms with van der Waals surface area (Å²) in [5.74, 6) is -1.92. The minimum absolute atomic E-state index is 0.0935. The van der Waals surface area contributed by atoms with Crippen LogP contribution in [-0.2, 0) is 16.9 Å². The Morgan fingerprint density at radius 1 is 0.812 bits per heavy atom. The van der Waals surface area contributed by atoms with Gasteiger partial charge in [0.1, 0.15) is 11.5 Å². The van der Waals surface area contributed by atoms with Gasteiger partial charge in [0.15, 0.2) is 5.56 Å². The molecule has 12 heteroatoms. The monoisotopic (exact) mass is 481 g/mol. The number of halogens is 6. The van der Waals surface area contributed by atoms with Crippen molar-refractivity contribution in [3.8, 4) is 11.5 Å². The van der Waals surface area contributed by atoms with Crippen molar-refractivity contribution in [2.75, 3.05) is 14.2 Å². The van der Waals surface area contributed by atoms with Crippen LogP contribution in [0.3, 0.4) is 0 Å². The van der Waals surface area contributed by atoms with Gasteiger partial charge in [-0.15, -0.1) is 0 Å². The molecule has 2 atom stereocenters. The molecule has 0 fully saturated rings. The van der Waals surface area contributed by atoms with Crippen LogP contribution >= 0.6 is 7.80 Å². The fraction of sp³-hybridized carbons (Fsp3) is 0.300. The Hall–Kier alpha value is -2.94. The zero-order valence-electron chi connectivity index (χ0n) is 16.8. The second-order valence-corrected chi connectivity index (χ2v) is 8.26. The molecule has 0 bridgehead atoms. The normalized spacial score (nSPS) is 13.3. The van der Waals surface area contributed by atoms with Crippen LogP contribution in [-0.4, -0.2) is 31.2 Å². The summed E-state index contributed by atoms with van der Waals surface area (Å²) in [6.45, 7) is 0.828. The molecule has 0 aromatic heterocycles. The number of carbonyl (C=O) groups excluding carboxylic acids is 2. The van der Waals surface area contributed by atoms with E-state index in [9.17, 15) is 40.5 Å².